The molecule has 0 aliphatic carbocycles. The fraction of sp³-hybridized carbons (Fsp3) is 0.588. The van der Waals surface area contributed by atoms with E-state index >= 15 is 0 Å². The molecule has 1 aromatic carbocycles. The highest BCUT2D eigenvalue weighted by atomic mass is 16.5. The smallest absolute Gasteiger partial charge is 0.220 e. The fourth-order valence-corrected chi connectivity index (χ4v) is 2.13. The second kappa shape index (κ2) is 10.2. The lowest BCUT2D eigenvalue weighted by Gasteiger charge is -2.16. The van der Waals surface area contributed by atoms with E-state index in [9.17, 15) is 4.79 Å². The van der Waals surface area contributed by atoms with E-state index < -0.39 is 0 Å². The number of nitrogens with one attached hydrogen (secondary N) is 1. The Kier molecular flexibility index (Phi) is 8.51. The summed E-state index contributed by atoms with van der Waals surface area (Å²) in [6, 6.07) is 8.01. The maximum Gasteiger partial charge on any atom is 0.220 e. The van der Waals surface area contributed by atoms with Gasteiger partial charge in [-0.25, -0.2) is 0 Å². The second-order valence-corrected chi connectivity index (χ2v) is 5.36. The zero-order valence-corrected chi connectivity index (χ0v) is 13.2. The molecule has 0 saturated carbocycles. The minimum atomic E-state index is 0.0648. The largest absolute Gasteiger partial charge is 0.493 e. The summed E-state index contributed by atoms with van der Waals surface area (Å²) in [7, 11) is 0. The number of carbonyl (C=O) groups excluding carboxylic acids is 1. The molecular weight excluding hydrogens is 264 g/mol. The van der Waals surface area contributed by atoms with Gasteiger partial charge < -0.3 is 15.8 Å². The first-order valence-corrected chi connectivity index (χ1v) is 7.85. The maximum atomic E-state index is 11.8. The molecule has 1 rings (SSSR count). The Balaban J connectivity index is 2.20. The van der Waals surface area contributed by atoms with E-state index in [2.05, 4.69) is 12.2 Å². The third-order valence-electron chi connectivity index (χ3n) is 3.46. The Morgan fingerprint density at radius 2 is 2.10 bits per heavy atom. The van der Waals surface area contributed by atoms with Crippen molar-refractivity contribution in [1.82, 2.24) is 5.32 Å². The summed E-state index contributed by atoms with van der Waals surface area (Å²) in [5.74, 6) is 0.954. The van der Waals surface area contributed by atoms with Crippen molar-refractivity contribution in [2.75, 3.05) is 13.2 Å². The summed E-state index contributed by atoms with van der Waals surface area (Å²) < 4.78 is 5.68. The number of amides is 1. The van der Waals surface area contributed by atoms with Crippen molar-refractivity contribution in [3.63, 3.8) is 0 Å². The minimum absolute atomic E-state index is 0.0648. The van der Waals surface area contributed by atoms with Crippen molar-refractivity contribution >= 4 is 5.91 Å². The van der Waals surface area contributed by atoms with Crippen LogP contribution >= 0.6 is 0 Å². The molecule has 1 aromatic rings. The fourth-order valence-electron chi connectivity index (χ4n) is 2.13. The zero-order chi connectivity index (χ0) is 15.5. The van der Waals surface area contributed by atoms with Gasteiger partial charge in [0.05, 0.1) is 6.61 Å². The van der Waals surface area contributed by atoms with Crippen LogP contribution < -0.4 is 15.8 Å². The predicted molar refractivity (Wildman–Crippen MR) is 86.4 cm³/mol. The van der Waals surface area contributed by atoms with Gasteiger partial charge in [-0.05, 0) is 31.4 Å². The van der Waals surface area contributed by atoms with Crippen molar-refractivity contribution in [2.24, 2.45) is 5.73 Å². The van der Waals surface area contributed by atoms with Crippen molar-refractivity contribution in [2.45, 2.75) is 52.0 Å². The molecule has 0 radical (unpaired) electrons. The number of carbonyl (C=O) groups is 1. The number of rotatable bonds is 10. The summed E-state index contributed by atoms with van der Waals surface area (Å²) in [5.41, 5.74) is 6.79. The average Bonchev–Trinajstić information content (AvgIpc) is 2.49. The van der Waals surface area contributed by atoms with Crippen LogP contribution in [0.15, 0.2) is 24.3 Å². The molecule has 1 unspecified atom stereocenters. The Morgan fingerprint density at radius 1 is 1.33 bits per heavy atom. The first kappa shape index (κ1) is 17.5. The molecule has 0 heterocycles. The van der Waals surface area contributed by atoms with Gasteiger partial charge in [0.15, 0.2) is 0 Å². The molecule has 0 aromatic heterocycles. The molecule has 0 aliphatic rings. The van der Waals surface area contributed by atoms with Crippen LogP contribution in [0.4, 0.5) is 0 Å². The van der Waals surface area contributed by atoms with E-state index in [1.54, 1.807) is 0 Å². The van der Waals surface area contributed by atoms with Gasteiger partial charge >= 0.3 is 0 Å². The van der Waals surface area contributed by atoms with E-state index in [0.29, 0.717) is 26.0 Å². The van der Waals surface area contributed by atoms with Crippen LogP contribution in [-0.4, -0.2) is 25.1 Å². The number of para-hydroxylation sites is 1. The van der Waals surface area contributed by atoms with Crippen molar-refractivity contribution in [3.05, 3.63) is 29.8 Å². The van der Waals surface area contributed by atoms with Crippen LogP contribution in [0, 0.1) is 6.92 Å². The summed E-state index contributed by atoms with van der Waals surface area (Å²) in [4.78, 5) is 11.8. The molecule has 118 valence electrons. The Morgan fingerprint density at radius 3 is 2.76 bits per heavy atom. The molecule has 21 heavy (non-hydrogen) atoms. The molecule has 3 N–H and O–H groups in total. The maximum absolute atomic E-state index is 11.8. The number of ether oxygens (including phenoxy) is 1. The number of benzene rings is 1. The topological polar surface area (TPSA) is 64.3 Å². The first-order valence-electron chi connectivity index (χ1n) is 7.85. The molecule has 0 spiro atoms. The summed E-state index contributed by atoms with van der Waals surface area (Å²) >= 11 is 0. The Bertz CT molecular complexity index is 421. The number of unbranched alkanes of at least 4 members (excludes halogenated alkanes) is 1. The van der Waals surface area contributed by atoms with Gasteiger partial charge in [-0.15, -0.1) is 0 Å². The Hall–Kier alpha value is -1.55. The third-order valence-corrected chi connectivity index (χ3v) is 3.46. The molecule has 0 aliphatic heterocycles. The molecule has 4 heteroatoms. The van der Waals surface area contributed by atoms with E-state index in [-0.39, 0.29) is 11.9 Å². The van der Waals surface area contributed by atoms with E-state index in [4.69, 9.17) is 10.5 Å². The second-order valence-electron chi connectivity index (χ2n) is 5.36. The monoisotopic (exact) mass is 292 g/mol. The summed E-state index contributed by atoms with van der Waals surface area (Å²) in [5, 5.41) is 2.99. The van der Waals surface area contributed by atoms with Crippen LogP contribution in [0.2, 0.25) is 0 Å². The van der Waals surface area contributed by atoms with Gasteiger partial charge in [-0.1, -0.05) is 38.0 Å². The molecular formula is C17H28N2O2. The SMILES string of the molecule is CCCCC(CN)NC(=O)CCCOc1ccccc1C. The lowest BCUT2D eigenvalue weighted by atomic mass is 10.1. The predicted octanol–water partition coefficient (Wildman–Crippen LogP) is 2.79. The standard InChI is InChI=1S/C17H28N2O2/c1-3-4-9-15(13-18)19-17(20)11-7-12-21-16-10-6-5-8-14(16)2/h5-6,8,10,15H,3-4,7,9,11-13,18H2,1-2H3,(H,19,20). The normalized spacial score (nSPS) is 12.0. The lowest BCUT2D eigenvalue weighted by molar-refractivity contribution is -0.122. The lowest BCUT2D eigenvalue weighted by Crippen LogP contribution is -2.40. The highest BCUT2D eigenvalue weighted by molar-refractivity contribution is 5.76. The van der Waals surface area contributed by atoms with Crippen LogP contribution in [-0.2, 0) is 4.79 Å². The van der Waals surface area contributed by atoms with Gasteiger partial charge in [0.1, 0.15) is 5.75 Å². The van der Waals surface area contributed by atoms with E-state index in [0.717, 1.165) is 30.6 Å². The molecule has 4 nitrogen and oxygen atoms in total. The number of nitrogens with two attached hydrogens (primary N) is 1. The van der Waals surface area contributed by atoms with Crippen molar-refractivity contribution < 1.29 is 9.53 Å². The van der Waals surface area contributed by atoms with Gasteiger partial charge in [-0.2, -0.15) is 0 Å². The van der Waals surface area contributed by atoms with Gasteiger partial charge in [0.25, 0.3) is 0 Å². The quantitative estimate of drug-likeness (QED) is 0.652. The zero-order valence-electron chi connectivity index (χ0n) is 13.2. The first-order chi connectivity index (χ1) is 10.2. The van der Waals surface area contributed by atoms with E-state index in [1.165, 1.54) is 0 Å². The highest BCUT2D eigenvalue weighted by Gasteiger charge is 2.09. The molecule has 0 fully saturated rings. The van der Waals surface area contributed by atoms with Crippen LogP contribution in [0.1, 0.15) is 44.6 Å². The van der Waals surface area contributed by atoms with Crippen molar-refractivity contribution in [1.29, 1.82) is 0 Å². The van der Waals surface area contributed by atoms with Gasteiger partial charge in [0.2, 0.25) is 5.91 Å². The van der Waals surface area contributed by atoms with Gasteiger partial charge in [-0.3, -0.25) is 4.79 Å². The van der Waals surface area contributed by atoms with Gasteiger partial charge in [0, 0.05) is 19.0 Å². The summed E-state index contributed by atoms with van der Waals surface area (Å²) in [6.07, 6.45) is 4.37. The van der Waals surface area contributed by atoms with Crippen molar-refractivity contribution in [3.8, 4) is 5.75 Å². The van der Waals surface area contributed by atoms with Crippen LogP contribution in [0.3, 0.4) is 0 Å². The molecule has 1 atom stereocenters. The number of hydrogen-bond acceptors (Lipinski definition) is 3. The third kappa shape index (κ3) is 7.14. The van der Waals surface area contributed by atoms with Crippen LogP contribution in [0.5, 0.6) is 5.75 Å². The Labute approximate surface area is 128 Å². The average molecular weight is 292 g/mol. The number of aryl methyl sites for hydroxylation is 1. The summed E-state index contributed by atoms with van der Waals surface area (Å²) in [6.45, 7) is 5.21. The highest BCUT2D eigenvalue weighted by Crippen LogP contribution is 2.16. The van der Waals surface area contributed by atoms with E-state index in [1.807, 2.05) is 31.2 Å². The van der Waals surface area contributed by atoms with Crippen LogP contribution in [0.25, 0.3) is 0 Å². The molecule has 1 amide bonds. The number of hydrogen-bond donors (Lipinski definition) is 2. The molecule has 0 saturated heterocycles. The molecule has 0 bridgehead atoms. The minimum Gasteiger partial charge on any atom is -0.493 e.